The van der Waals surface area contributed by atoms with Gasteiger partial charge >= 0.3 is 0 Å². The summed E-state index contributed by atoms with van der Waals surface area (Å²) in [5.74, 6) is 0.531. The third kappa shape index (κ3) is 2.50. The Hall–Kier alpha value is -1.40. The molecule has 0 aliphatic carbocycles. The molecule has 3 aromatic heterocycles. The molecule has 0 amide bonds. The number of rotatable bonds is 3. The van der Waals surface area contributed by atoms with E-state index < -0.39 is 0 Å². The van der Waals surface area contributed by atoms with Crippen LogP contribution in [-0.4, -0.2) is 14.5 Å². The first kappa shape index (κ1) is 12.6. The van der Waals surface area contributed by atoms with Gasteiger partial charge in [-0.25, -0.2) is 9.97 Å². The highest BCUT2D eigenvalue weighted by Gasteiger charge is 2.09. The summed E-state index contributed by atoms with van der Waals surface area (Å²) in [6.07, 6.45) is 2.78. The van der Waals surface area contributed by atoms with E-state index in [2.05, 4.69) is 38.0 Å². The lowest BCUT2D eigenvalue weighted by Gasteiger charge is -2.04. The van der Waals surface area contributed by atoms with Gasteiger partial charge in [0.25, 0.3) is 0 Å². The first-order chi connectivity index (χ1) is 9.13. The van der Waals surface area contributed by atoms with Crippen molar-refractivity contribution in [2.24, 2.45) is 0 Å². The van der Waals surface area contributed by atoms with E-state index in [0.29, 0.717) is 5.95 Å². The maximum Gasteiger partial charge on any atom is 0.202 e. The molecule has 0 saturated carbocycles. The van der Waals surface area contributed by atoms with Gasteiger partial charge in [0.1, 0.15) is 5.52 Å². The number of nitrogens with two attached hydrogens (primary N) is 1. The van der Waals surface area contributed by atoms with Crippen molar-refractivity contribution in [2.75, 3.05) is 5.73 Å². The number of nitrogen functional groups attached to an aromatic ring is 1. The van der Waals surface area contributed by atoms with E-state index in [1.807, 2.05) is 23.8 Å². The molecule has 0 spiro atoms. The maximum atomic E-state index is 5.98. The lowest BCUT2D eigenvalue weighted by Crippen LogP contribution is -2.05. The van der Waals surface area contributed by atoms with Gasteiger partial charge in [0.05, 0.1) is 3.79 Å². The largest absolute Gasteiger partial charge is 0.369 e. The van der Waals surface area contributed by atoms with Crippen LogP contribution in [0, 0.1) is 6.92 Å². The van der Waals surface area contributed by atoms with Crippen LogP contribution in [0.1, 0.15) is 10.4 Å². The second kappa shape index (κ2) is 4.94. The van der Waals surface area contributed by atoms with E-state index in [4.69, 9.17) is 5.73 Å². The van der Waals surface area contributed by atoms with Gasteiger partial charge in [0.2, 0.25) is 5.95 Å². The summed E-state index contributed by atoms with van der Waals surface area (Å²) >= 11 is 5.22. The summed E-state index contributed by atoms with van der Waals surface area (Å²) in [5, 5.41) is 0. The second-order valence-electron chi connectivity index (χ2n) is 4.43. The zero-order valence-electron chi connectivity index (χ0n) is 10.4. The Balaban J connectivity index is 1.90. The van der Waals surface area contributed by atoms with Gasteiger partial charge in [-0.05, 0) is 53.0 Å². The number of pyridine rings is 1. The summed E-state index contributed by atoms with van der Waals surface area (Å²) in [4.78, 5) is 10.1. The standard InChI is InChI=1S/C13H13BrN4S/c1-8-6-10-12(16-7-8)18(13(15)17-10)5-4-9-2-3-11(14)19-9/h2-3,6-7H,4-5H2,1H3,(H2,15,17). The molecule has 0 aliphatic heterocycles. The number of aromatic nitrogens is 3. The fourth-order valence-corrected chi connectivity index (χ4v) is 3.53. The highest BCUT2D eigenvalue weighted by Crippen LogP contribution is 2.24. The molecule has 0 aliphatic rings. The van der Waals surface area contributed by atoms with Crippen LogP contribution < -0.4 is 5.73 Å². The first-order valence-electron chi connectivity index (χ1n) is 5.96. The summed E-state index contributed by atoms with van der Waals surface area (Å²) in [7, 11) is 0. The third-order valence-corrected chi connectivity index (χ3v) is 4.65. The van der Waals surface area contributed by atoms with E-state index in [-0.39, 0.29) is 0 Å². The molecule has 2 N–H and O–H groups in total. The lowest BCUT2D eigenvalue weighted by atomic mass is 10.3. The fourth-order valence-electron chi connectivity index (χ4n) is 2.06. The highest BCUT2D eigenvalue weighted by atomic mass is 79.9. The van der Waals surface area contributed by atoms with Crippen molar-refractivity contribution in [3.8, 4) is 0 Å². The number of fused-ring (bicyclic) bond motifs is 1. The molecule has 0 radical (unpaired) electrons. The van der Waals surface area contributed by atoms with Crippen LogP contribution in [0.4, 0.5) is 5.95 Å². The lowest BCUT2D eigenvalue weighted by molar-refractivity contribution is 0.726. The number of imidazole rings is 1. The van der Waals surface area contributed by atoms with E-state index in [1.54, 1.807) is 11.3 Å². The molecule has 0 atom stereocenters. The smallest absolute Gasteiger partial charge is 0.202 e. The van der Waals surface area contributed by atoms with E-state index in [0.717, 1.165) is 33.5 Å². The molecule has 19 heavy (non-hydrogen) atoms. The number of nitrogens with zero attached hydrogens (tertiary/aromatic N) is 3. The number of aryl methyl sites for hydroxylation is 3. The number of thiophene rings is 1. The van der Waals surface area contributed by atoms with Crippen molar-refractivity contribution in [3.63, 3.8) is 0 Å². The van der Waals surface area contributed by atoms with Gasteiger partial charge < -0.3 is 5.73 Å². The van der Waals surface area contributed by atoms with Crippen LogP contribution in [0.5, 0.6) is 0 Å². The zero-order valence-corrected chi connectivity index (χ0v) is 12.8. The monoisotopic (exact) mass is 336 g/mol. The Morgan fingerprint density at radius 3 is 3.00 bits per heavy atom. The fraction of sp³-hybridized carbons (Fsp3) is 0.231. The average Bonchev–Trinajstić information content (AvgIpc) is 2.89. The molecule has 3 rings (SSSR count). The molecule has 98 valence electrons. The molecular formula is C13H13BrN4S. The van der Waals surface area contributed by atoms with E-state index >= 15 is 0 Å². The summed E-state index contributed by atoms with van der Waals surface area (Å²) < 4.78 is 3.13. The van der Waals surface area contributed by atoms with Crippen molar-refractivity contribution in [2.45, 2.75) is 19.9 Å². The summed E-state index contributed by atoms with van der Waals surface area (Å²) in [6.45, 7) is 2.80. The molecule has 0 fully saturated rings. The Morgan fingerprint density at radius 1 is 1.42 bits per heavy atom. The molecule has 0 saturated heterocycles. The van der Waals surface area contributed by atoms with E-state index in [9.17, 15) is 0 Å². The van der Waals surface area contributed by atoms with Crippen LogP contribution in [0.25, 0.3) is 11.2 Å². The first-order valence-corrected chi connectivity index (χ1v) is 7.57. The number of anilines is 1. The topological polar surface area (TPSA) is 56.7 Å². The maximum absolute atomic E-state index is 5.98. The van der Waals surface area contributed by atoms with Gasteiger partial charge in [0.15, 0.2) is 5.65 Å². The Morgan fingerprint density at radius 2 is 2.26 bits per heavy atom. The number of hydrogen-bond donors (Lipinski definition) is 1. The minimum absolute atomic E-state index is 0.531. The van der Waals surface area contributed by atoms with Gasteiger partial charge in [-0.1, -0.05) is 0 Å². The SMILES string of the molecule is Cc1cnc2c(c1)nc(N)n2CCc1ccc(Br)s1. The number of hydrogen-bond acceptors (Lipinski definition) is 4. The third-order valence-electron chi connectivity index (χ3n) is 2.96. The number of halogens is 1. The van der Waals surface area contributed by atoms with Crippen molar-refractivity contribution in [1.82, 2.24) is 14.5 Å². The molecule has 3 heterocycles. The Bertz CT molecular complexity index is 731. The van der Waals surface area contributed by atoms with Crippen LogP contribution in [0.3, 0.4) is 0 Å². The Labute approximate surface area is 123 Å². The second-order valence-corrected chi connectivity index (χ2v) is 6.98. The molecule has 4 nitrogen and oxygen atoms in total. The van der Waals surface area contributed by atoms with Gasteiger partial charge in [-0.3, -0.25) is 4.57 Å². The van der Waals surface area contributed by atoms with Crippen molar-refractivity contribution < 1.29 is 0 Å². The minimum Gasteiger partial charge on any atom is -0.369 e. The minimum atomic E-state index is 0.531. The molecule has 0 aromatic carbocycles. The molecule has 0 bridgehead atoms. The summed E-state index contributed by atoms with van der Waals surface area (Å²) in [5.41, 5.74) is 8.80. The Kier molecular flexibility index (Phi) is 3.28. The molecular weight excluding hydrogens is 324 g/mol. The van der Waals surface area contributed by atoms with Crippen molar-refractivity contribution >= 4 is 44.4 Å². The average molecular weight is 337 g/mol. The highest BCUT2D eigenvalue weighted by molar-refractivity contribution is 9.11. The van der Waals surface area contributed by atoms with Crippen LogP contribution in [0.15, 0.2) is 28.2 Å². The van der Waals surface area contributed by atoms with Crippen molar-refractivity contribution in [3.05, 3.63) is 38.6 Å². The molecule has 6 heteroatoms. The molecule has 3 aromatic rings. The van der Waals surface area contributed by atoms with Crippen LogP contribution >= 0.6 is 27.3 Å². The normalized spacial score (nSPS) is 11.3. The predicted molar refractivity (Wildman–Crippen MR) is 82.4 cm³/mol. The quantitative estimate of drug-likeness (QED) is 0.797. The van der Waals surface area contributed by atoms with Crippen LogP contribution in [0.2, 0.25) is 0 Å². The van der Waals surface area contributed by atoms with Gasteiger partial charge in [-0.15, -0.1) is 11.3 Å². The van der Waals surface area contributed by atoms with Gasteiger partial charge in [-0.2, -0.15) is 0 Å². The molecule has 0 unspecified atom stereocenters. The van der Waals surface area contributed by atoms with Gasteiger partial charge in [0, 0.05) is 17.6 Å². The zero-order chi connectivity index (χ0) is 13.4. The predicted octanol–water partition coefficient (Wildman–Crippen LogP) is 3.39. The van der Waals surface area contributed by atoms with Crippen molar-refractivity contribution in [1.29, 1.82) is 0 Å². The van der Waals surface area contributed by atoms with Crippen LogP contribution in [-0.2, 0) is 13.0 Å². The summed E-state index contributed by atoms with van der Waals surface area (Å²) in [6, 6.07) is 6.20. The van der Waals surface area contributed by atoms with E-state index in [1.165, 1.54) is 4.88 Å².